The fourth-order valence-corrected chi connectivity index (χ4v) is 3.17. The molecule has 1 aromatic heterocycles. The lowest BCUT2D eigenvalue weighted by atomic mass is 10.2. The van der Waals surface area contributed by atoms with Crippen molar-refractivity contribution in [1.29, 1.82) is 0 Å². The van der Waals surface area contributed by atoms with Gasteiger partial charge in [0.15, 0.2) is 11.0 Å². The molecule has 158 valence electrons. The van der Waals surface area contributed by atoms with E-state index in [4.69, 9.17) is 28.0 Å². The molecule has 0 saturated carbocycles. The number of halogens is 1. The van der Waals surface area contributed by atoms with Crippen molar-refractivity contribution in [2.75, 3.05) is 36.0 Å². The Bertz CT molecular complexity index is 867. The Balaban J connectivity index is 0.000000537. The maximum Gasteiger partial charge on any atom is 0.381 e. The first-order valence-electron chi connectivity index (χ1n) is 9.49. The van der Waals surface area contributed by atoms with Gasteiger partial charge in [0.2, 0.25) is 0 Å². The Kier molecular flexibility index (Phi) is 7.95. The van der Waals surface area contributed by atoms with Gasteiger partial charge in [0.05, 0.1) is 12.1 Å². The maximum atomic E-state index is 8.49. The van der Waals surface area contributed by atoms with Crippen LogP contribution in [-0.2, 0) is 0 Å². The number of benzene rings is 2. The van der Waals surface area contributed by atoms with Gasteiger partial charge >= 0.3 is 11.2 Å². The van der Waals surface area contributed by atoms with Crippen molar-refractivity contribution in [2.45, 2.75) is 27.7 Å². The molecule has 0 aliphatic rings. The zero-order valence-electron chi connectivity index (χ0n) is 17.1. The van der Waals surface area contributed by atoms with Gasteiger partial charge in [0.25, 0.3) is 0 Å². The molecule has 0 spiro atoms. The molecular weight excluding hydrogens is 398 g/mol. The van der Waals surface area contributed by atoms with Crippen molar-refractivity contribution in [3.63, 3.8) is 0 Å². The number of hydrogen-bond donors (Lipinski definition) is 0. The van der Waals surface area contributed by atoms with Crippen molar-refractivity contribution < 1.29 is 33.3 Å². The van der Waals surface area contributed by atoms with Gasteiger partial charge in [-0.05, 0) is 52.0 Å². The van der Waals surface area contributed by atoms with Crippen LogP contribution in [0.4, 0.5) is 11.4 Å². The second-order valence-electron chi connectivity index (χ2n) is 6.24. The van der Waals surface area contributed by atoms with E-state index in [1.807, 2.05) is 12.1 Å². The lowest BCUT2D eigenvalue weighted by Gasteiger charge is -2.20. The molecule has 0 aliphatic heterocycles. The summed E-state index contributed by atoms with van der Waals surface area (Å²) in [7, 11) is -4.94. The van der Waals surface area contributed by atoms with E-state index in [2.05, 4.69) is 61.8 Å². The molecule has 3 aromatic rings. The summed E-state index contributed by atoms with van der Waals surface area (Å²) in [6, 6.07) is 12.5. The van der Waals surface area contributed by atoms with Crippen LogP contribution in [-0.4, -0.2) is 31.2 Å². The molecule has 1 heterocycles. The van der Waals surface area contributed by atoms with Crippen LogP contribution in [0.3, 0.4) is 0 Å². The van der Waals surface area contributed by atoms with Gasteiger partial charge in [-0.2, -0.15) is 0 Å². The van der Waals surface area contributed by atoms with Crippen LogP contribution in [0, 0.1) is 10.2 Å². The number of anilines is 2. The lowest BCUT2D eigenvalue weighted by Crippen LogP contribution is -2.68. The monoisotopic (exact) mass is 423 g/mol. The van der Waals surface area contributed by atoms with Gasteiger partial charge in [0.1, 0.15) is 0 Å². The molecule has 0 atom stereocenters. The minimum atomic E-state index is -4.94. The molecule has 0 saturated heterocycles. The first kappa shape index (κ1) is 23.1. The van der Waals surface area contributed by atoms with E-state index in [9.17, 15) is 0 Å². The highest BCUT2D eigenvalue weighted by molar-refractivity contribution is 5.86. The van der Waals surface area contributed by atoms with Crippen molar-refractivity contribution in [3.05, 3.63) is 36.4 Å². The minimum Gasteiger partial charge on any atom is -0.372 e. The van der Waals surface area contributed by atoms with Crippen molar-refractivity contribution in [3.8, 4) is 0 Å². The molecule has 0 aliphatic carbocycles. The second kappa shape index (κ2) is 10.00. The average Bonchev–Trinajstić information content (AvgIpc) is 2.67. The first-order chi connectivity index (χ1) is 13.7. The topological polar surface area (TPSA) is 123 Å². The molecule has 0 radical (unpaired) electrons. The van der Waals surface area contributed by atoms with Gasteiger partial charge < -0.3 is 9.80 Å². The average molecular weight is 424 g/mol. The highest BCUT2D eigenvalue weighted by Gasteiger charge is 2.17. The van der Waals surface area contributed by atoms with Crippen molar-refractivity contribution in [2.24, 2.45) is 0 Å². The van der Waals surface area contributed by atoms with Crippen LogP contribution < -0.4 is 28.4 Å². The van der Waals surface area contributed by atoms with E-state index in [0.717, 1.165) is 48.4 Å². The molecule has 0 bridgehead atoms. The Hall–Kier alpha value is -2.23. The highest BCUT2D eigenvalue weighted by Crippen LogP contribution is 2.27. The zero-order valence-corrected chi connectivity index (χ0v) is 17.8. The van der Waals surface area contributed by atoms with E-state index in [1.54, 1.807) is 0 Å². The van der Waals surface area contributed by atoms with E-state index < -0.39 is 10.2 Å². The summed E-state index contributed by atoms with van der Waals surface area (Å²) in [4.78, 5) is 9.37. The number of rotatable bonds is 6. The SMILES string of the molecule is CCN(CC)c1ccc2nc3ccc(N(CC)CC)cc3[o+]c2c1.[O-][Cl+3]([O-])([O-])[O-]. The molecule has 29 heavy (non-hydrogen) atoms. The Morgan fingerprint density at radius 2 is 1.07 bits per heavy atom. The van der Waals surface area contributed by atoms with Gasteiger partial charge in [-0.3, -0.25) is 0 Å². The normalized spacial score (nSPS) is 11.3. The fraction of sp³-hybridized carbons (Fsp3) is 0.400. The van der Waals surface area contributed by atoms with Gasteiger partial charge in [-0.25, -0.2) is 28.0 Å². The van der Waals surface area contributed by atoms with Crippen LogP contribution in [0.2, 0.25) is 0 Å². The van der Waals surface area contributed by atoms with Crippen LogP contribution in [0.1, 0.15) is 27.7 Å². The standard InChI is InChI=1S/C20H26N3O.ClHO4/c1-5-22(6-2)15-9-11-17-19(13-15)24-20-14-16(23(7-3)8-4)10-12-18(20)21-17;2-1(3,4)5/h9-14H,5-8H2,1-4H3;(H,2,3,4,5)/q+1;/p-1. The molecule has 0 amide bonds. The van der Waals surface area contributed by atoms with Crippen molar-refractivity contribution >= 4 is 33.6 Å². The third kappa shape index (κ3) is 6.38. The first-order valence-corrected chi connectivity index (χ1v) is 10.7. The quantitative estimate of drug-likeness (QED) is 0.407. The predicted octanol–water partition coefficient (Wildman–Crippen LogP) is 0.199. The number of fused-ring (bicyclic) bond motifs is 2. The summed E-state index contributed by atoms with van der Waals surface area (Å²) in [6.45, 7) is 12.6. The molecule has 3 rings (SSSR count). The smallest absolute Gasteiger partial charge is 0.372 e. The predicted molar refractivity (Wildman–Crippen MR) is 103 cm³/mol. The van der Waals surface area contributed by atoms with Gasteiger partial charge in [-0.1, -0.05) is 0 Å². The summed E-state index contributed by atoms with van der Waals surface area (Å²) >= 11 is 0. The summed E-state index contributed by atoms with van der Waals surface area (Å²) < 4.78 is 40.2. The van der Waals surface area contributed by atoms with Crippen LogP contribution in [0.5, 0.6) is 0 Å². The summed E-state index contributed by atoms with van der Waals surface area (Å²) in [5, 5.41) is 0. The summed E-state index contributed by atoms with van der Waals surface area (Å²) in [5.74, 6) is 0. The number of aromatic nitrogens is 1. The van der Waals surface area contributed by atoms with E-state index in [1.165, 1.54) is 11.4 Å². The Morgan fingerprint density at radius 1 is 0.724 bits per heavy atom. The molecule has 0 fully saturated rings. The third-order valence-corrected chi connectivity index (χ3v) is 4.60. The zero-order chi connectivity index (χ0) is 21.6. The molecular formula is C20H26ClN3O5. The molecule has 9 heteroatoms. The van der Waals surface area contributed by atoms with Gasteiger partial charge in [0, 0.05) is 37.6 Å². The van der Waals surface area contributed by atoms with Gasteiger partial charge in [-0.15, -0.1) is 10.2 Å². The van der Waals surface area contributed by atoms with E-state index >= 15 is 0 Å². The highest BCUT2D eigenvalue weighted by atomic mass is 35.7. The van der Waals surface area contributed by atoms with Crippen molar-refractivity contribution in [1.82, 2.24) is 4.98 Å². The fourth-order valence-electron chi connectivity index (χ4n) is 3.17. The summed E-state index contributed by atoms with van der Waals surface area (Å²) in [6.07, 6.45) is 0. The third-order valence-electron chi connectivity index (χ3n) is 4.60. The lowest BCUT2D eigenvalue weighted by molar-refractivity contribution is -2.00. The summed E-state index contributed by atoms with van der Waals surface area (Å²) in [5.41, 5.74) is 5.82. The molecule has 8 nitrogen and oxygen atoms in total. The van der Waals surface area contributed by atoms with Crippen LogP contribution in [0.15, 0.2) is 40.8 Å². The van der Waals surface area contributed by atoms with Crippen LogP contribution >= 0.6 is 0 Å². The van der Waals surface area contributed by atoms with Crippen LogP contribution in [0.25, 0.3) is 22.2 Å². The Morgan fingerprint density at radius 3 is 1.38 bits per heavy atom. The second-order valence-corrected chi connectivity index (χ2v) is 7.00. The molecule has 2 aromatic carbocycles. The van der Waals surface area contributed by atoms with E-state index in [-0.39, 0.29) is 0 Å². The number of hydrogen-bond acceptors (Lipinski definition) is 7. The Labute approximate surface area is 172 Å². The minimum absolute atomic E-state index is 0.837. The van der Waals surface area contributed by atoms with E-state index in [0.29, 0.717) is 0 Å². The largest absolute Gasteiger partial charge is 0.381 e. The maximum absolute atomic E-state index is 8.49. The molecule has 0 N–H and O–H groups in total. The molecule has 0 unspecified atom stereocenters. The number of nitrogens with zero attached hydrogens (tertiary/aromatic N) is 3.